The van der Waals surface area contributed by atoms with Gasteiger partial charge in [0.05, 0.1) is 17.8 Å². The van der Waals surface area contributed by atoms with Crippen molar-refractivity contribution in [3.8, 4) is 0 Å². The van der Waals surface area contributed by atoms with Gasteiger partial charge in [-0.2, -0.15) is 5.10 Å². The van der Waals surface area contributed by atoms with E-state index < -0.39 is 12.0 Å². The van der Waals surface area contributed by atoms with Gasteiger partial charge in [-0.3, -0.25) is 9.48 Å². The summed E-state index contributed by atoms with van der Waals surface area (Å²) in [5.41, 5.74) is 1.30. The highest BCUT2D eigenvalue weighted by atomic mass is 16.4. The number of nitrogens with one attached hydrogen (secondary N) is 1. The monoisotopic (exact) mass is 321 g/mol. The molecule has 128 valence electrons. The molecule has 1 saturated carbocycles. The molecule has 1 atom stereocenters. The van der Waals surface area contributed by atoms with Crippen molar-refractivity contribution >= 4 is 11.9 Å². The fourth-order valence-electron chi connectivity index (χ4n) is 3.27. The molecule has 1 fully saturated rings. The van der Waals surface area contributed by atoms with Crippen LogP contribution >= 0.6 is 0 Å². The highest BCUT2D eigenvalue weighted by molar-refractivity contribution is 5.97. The highest BCUT2D eigenvalue weighted by Crippen LogP contribution is 2.29. The lowest BCUT2D eigenvalue weighted by Gasteiger charge is -2.23. The van der Waals surface area contributed by atoms with Gasteiger partial charge in [0.2, 0.25) is 0 Å². The number of carbonyl (C=O) groups is 2. The molecule has 1 aromatic rings. The number of aromatic nitrogens is 2. The Morgan fingerprint density at radius 2 is 2.00 bits per heavy atom. The summed E-state index contributed by atoms with van der Waals surface area (Å²) in [6, 6.07) is -0.504. The van der Waals surface area contributed by atoms with Crippen LogP contribution < -0.4 is 5.32 Å². The van der Waals surface area contributed by atoms with Crippen LogP contribution in [0.5, 0.6) is 0 Å². The second-order valence-electron chi connectivity index (χ2n) is 6.87. The topological polar surface area (TPSA) is 84.2 Å². The van der Waals surface area contributed by atoms with Crippen LogP contribution in [-0.2, 0) is 4.79 Å². The first kappa shape index (κ1) is 17.5. The fourth-order valence-corrected chi connectivity index (χ4v) is 3.27. The lowest BCUT2D eigenvalue weighted by molar-refractivity contribution is -0.139. The van der Waals surface area contributed by atoms with Crippen LogP contribution in [0.4, 0.5) is 0 Å². The lowest BCUT2D eigenvalue weighted by Crippen LogP contribution is -2.41. The molecule has 1 heterocycles. The molecule has 6 nitrogen and oxygen atoms in total. The molecule has 1 aromatic heterocycles. The van der Waals surface area contributed by atoms with Crippen molar-refractivity contribution in [3.63, 3.8) is 0 Å². The van der Waals surface area contributed by atoms with Crippen molar-refractivity contribution in [2.24, 2.45) is 5.92 Å². The Balaban J connectivity index is 2.10. The van der Waals surface area contributed by atoms with Crippen LogP contribution in [-0.4, -0.2) is 32.8 Å². The zero-order valence-electron chi connectivity index (χ0n) is 14.2. The summed E-state index contributed by atoms with van der Waals surface area (Å²) in [5, 5.41) is 16.3. The van der Waals surface area contributed by atoms with E-state index in [9.17, 15) is 14.7 Å². The molecule has 0 radical (unpaired) electrons. The molecule has 0 bridgehead atoms. The van der Waals surface area contributed by atoms with Gasteiger partial charge in [-0.25, -0.2) is 4.79 Å². The van der Waals surface area contributed by atoms with Crippen molar-refractivity contribution in [3.05, 3.63) is 17.5 Å². The molecule has 0 aliphatic heterocycles. The Morgan fingerprint density at radius 3 is 2.57 bits per heavy atom. The second kappa shape index (κ2) is 7.62. The number of hydrogen-bond donors (Lipinski definition) is 2. The predicted octanol–water partition coefficient (Wildman–Crippen LogP) is 2.93. The second-order valence-corrected chi connectivity index (χ2v) is 6.87. The molecule has 2 N–H and O–H groups in total. The summed E-state index contributed by atoms with van der Waals surface area (Å²) >= 11 is 0. The number of rotatable bonds is 6. The summed E-state index contributed by atoms with van der Waals surface area (Å²) in [6.45, 7) is 5.76. The lowest BCUT2D eigenvalue weighted by atomic mass is 9.95. The van der Waals surface area contributed by atoms with Gasteiger partial charge in [-0.05, 0) is 32.1 Å². The Kier molecular flexibility index (Phi) is 5.80. The summed E-state index contributed by atoms with van der Waals surface area (Å²) in [6.07, 6.45) is 7.81. The Labute approximate surface area is 137 Å². The molecule has 0 unspecified atom stereocenters. The number of carboxylic acid groups (broad SMARTS) is 1. The largest absolute Gasteiger partial charge is 0.480 e. The third kappa shape index (κ3) is 4.33. The van der Waals surface area contributed by atoms with Gasteiger partial charge in [0, 0.05) is 5.69 Å². The molecule has 6 heteroatoms. The van der Waals surface area contributed by atoms with E-state index in [1.54, 1.807) is 6.20 Å². The summed E-state index contributed by atoms with van der Waals surface area (Å²) in [5.74, 6) is -1.15. The van der Waals surface area contributed by atoms with E-state index in [1.165, 1.54) is 19.3 Å². The average molecular weight is 321 g/mol. The Hall–Kier alpha value is -1.85. The predicted molar refractivity (Wildman–Crippen MR) is 87.4 cm³/mol. The maximum Gasteiger partial charge on any atom is 0.326 e. The minimum Gasteiger partial charge on any atom is -0.480 e. The van der Waals surface area contributed by atoms with Gasteiger partial charge in [0.1, 0.15) is 6.04 Å². The van der Waals surface area contributed by atoms with Crippen molar-refractivity contribution < 1.29 is 14.7 Å². The summed E-state index contributed by atoms with van der Waals surface area (Å²) < 4.78 is 1.94. The first-order valence-electron chi connectivity index (χ1n) is 8.48. The first-order valence-corrected chi connectivity index (χ1v) is 8.48. The molecule has 1 amide bonds. The van der Waals surface area contributed by atoms with Gasteiger partial charge >= 0.3 is 5.97 Å². The van der Waals surface area contributed by atoms with E-state index in [4.69, 9.17) is 0 Å². The van der Waals surface area contributed by atoms with Crippen LogP contribution in [0.25, 0.3) is 0 Å². The molecule has 2 rings (SSSR count). The van der Waals surface area contributed by atoms with Crippen LogP contribution in [0.2, 0.25) is 0 Å². The van der Waals surface area contributed by atoms with Crippen molar-refractivity contribution in [2.45, 2.75) is 71.4 Å². The average Bonchev–Trinajstić information content (AvgIpc) is 2.88. The van der Waals surface area contributed by atoms with Crippen molar-refractivity contribution in [1.82, 2.24) is 15.1 Å². The van der Waals surface area contributed by atoms with Gasteiger partial charge in [0.25, 0.3) is 5.91 Å². The van der Waals surface area contributed by atoms with E-state index in [-0.39, 0.29) is 11.8 Å². The van der Waals surface area contributed by atoms with Gasteiger partial charge in [0.15, 0.2) is 0 Å². The minimum absolute atomic E-state index is 0.197. The van der Waals surface area contributed by atoms with Crippen LogP contribution in [0.15, 0.2) is 6.20 Å². The van der Waals surface area contributed by atoms with Gasteiger partial charge in [-0.15, -0.1) is 0 Å². The number of amides is 1. The molecule has 0 aromatic carbocycles. The number of hydrogen-bond acceptors (Lipinski definition) is 3. The normalized spacial score (nSPS) is 17.2. The van der Waals surface area contributed by atoms with Crippen molar-refractivity contribution in [1.29, 1.82) is 0 Å². The highest BCUT2D eigenvalue weighted by Gasteiger charge is 2.25. The SMILES string of the molecule is Cc1c(C(=O)N[C@H](CC(C)C)C(=O)O)cnn1C1CCCCC1. The maximum atomic E-state index is 12.4. The standard InChI is InChI=1S/C17H27N3O3/c1-11(2)9-15(17(22)23)19-16(21)14-10-18-20(12(14)3)13-7-5-4-6-8-13/h10-11,13,15H,4-9H2,1-3H3,(H,19,21)(H,22,23)/t15-/m1/s1. The van der Waals surface area contributed by atoms with E-state index in [0.29, 0.717) is 18.0 Å². The quantitative estimate of drug-likeness (QED) is 0.843. The number of aliphatic carboxylic acids is 1. The van der Waals surface area contributed by atoms with Gasteiger partial charge < -0.3 is 10.4 Å². The first-order chi connectivity index (χ1) is 10.9. The fraction of sp³-hybridized carbons (Fsp3) is 0.706. The molecule has 1 aliphatic carbocycles. The zero-order valence-corrected chi connectivity index (χ0v) is 14.2. The van der Waals surface area contributed by atoms with Crippen LogP contribution in [0, 0.1) is 12.8 Å². The Morgan fingerprint density at radius 1 is 1.35 bits per heavy atom. The van der Waals surface area contributed by atoms with Crippen molar-refractivity contribution in [2.75, 3.05) is 0 Å². The summed E-state index contributed by atoms with van der Waals surface area (Å²) in [7, 11) is 0. The third-order valence-electron chi connectivity index (χ3n) is 4.52. The minimum atomic E-state index is -0.996. The van der Waals surface area contributed by atoms with Crippen LogP contribution in [0.3, 0.4) is 0 Å². The van der Waals surface area contributed by atoms with Gasteiger partial charge in [-0.1, -0.05) is 33.1 Å². The third-order valence-corrected chi connectivity index (χ3v) is 4.52. The smallest absolute Gasteiger partial charge is 0.326 e. The maximum absolute atomic E-state index is 12.4. The molecule has 23 heavy (non-hydrogen) atoms. The molecule has 0 spiro atoms. The summed E-state index contributed by atoms with van der Waals surface area (Å²) in [4.78, 5) is 23.7. The van der Waals surface area contributed by atoms with Crippen LogP contribution in [0.1, 0.15) is 74.5 Å². The van der Waals surface area contributed by atoms with E-state index in [2.05, 4.69) is 10.4 Å². The molecular weight excluding hydrogens is 294 g/mol. The molecule has 0 saturated heterocycles. The van der Waals surface area contributed by atoms with E-state index in [0.717, 1.165) is 18.5 Å². The molecule has 1 aliphatic rings. The van der Waals surface area contributed by atoms with E-state index in [1.807, 2.05) is 25.5 Å². The number of carbonyl (C=O) groups excluding carboxylic acids is 1. The Bertz CT molecular complexity index is 559. The number of carboxylic acids is 1. The van der Waals surface area contributed by atoms with E-state index >= 15 is 0 Å². The molecular formula is C17H27N3O3. The number of nitrogens with zero attached hydrogens (tertiary/aromatic N) is 2. The zero-order chi connectivity index (χ0) is 17.0.